The number of carboxylic acids is 1. The molecule has 1 heterocycles. The maximum Gasteiger partial charge on any atom is 0.337 e. The Morgan fingerprint density at radius 2 is 2.06 bits per heavy atom. The maximum atomic E-state index is 11.6. The van der Waals surface area contributed by atoms with Crippen LogP contribution in [0.5, 0.6) is 0 Å². The lowest BCUT2D eigenvalue weighted by Crippen LogP contribution is -2.23. The fourth-order valence-corrected chi connectivity index (χ4v) is 3.88. The summed E-state index contributed by atoms with van der Waals surface area (Å²) >= 11 is 0. The Hall–Kier alpha value is -3.66. The smallest absolute Gasteiger partial charge is 0.337 e. The number of nitriles is 1. The zero-order valence-electron chi connectivity index (χ0n) is 17.9. The van der Waals surface area contributed by atoms with Crippen molar-refractivity contribution in [3.05, 3.63) is 58.8 Å². The fourth-order valence-electron chi connectivity index (χ4n) is 3.88. The van der Waals surface area contributed by atoms with Crippen LogP contribution in [-0.4, -0.2) is 34.6 Å². The minimum atomic E-state index is -0.980. The van der Waals surface area contributed by atoms with Crippen LogP contribution in [0.25, 0.3) is 11.0 Å². The molecule has 4 rings (SSSR count). The fraction of sp³-hybridized carbons (Fsp3) is 0.333. The standard InChI is InChI=1S/C24H25N5O2/c1-14-10-18(15(2)26-19-7-5-4-6-17(19)24(30)31)22-20(11-14)27-21(12-25)23(28-22)29(3)13-16-8-9-16/h4-7,10-11,15-16,26H,8-9,13H2,1-3H3,(H,30,31)/t15-/m1/s1. The lowest BCUT2D eigenvalue weighted by atomic mass is 10.0. The van der Waals surface area contributed by atoms with Crippen molar-refractivity contribution in [1.29, 1.82) is 5.26 Å². The van der Waals surface area contributed by atoms with Crippen LogP contribution in [0, 0.1) is 24.2 Å². The molecular weight excluding hydrogens is 390 g/mol. The first-order valence-electron chi connectivity index (χ1n) is 10.4. The third kappa shape index (κ3) is 4.29. The van der Waals surface area contributed by atoms with Gasteiger partial charge in [0.15, 0.2) is 11.5 Å². The molecular formula is C24H25N5O2. The zero-order chi connectivity index (χ0) is 22.1. The molecule has 1 fully saturated rings. The number of aryl methyl sites for hydroxylation is 1. The minimum absolute atomic E-state index is 0.216. The lowest BCUT2D eigenvalue weighted by Gasteiger charge is -2.22. The molecule has 7 heteroatoms. The van der Waals surface area contributed by atoms with Gasteiger partial charge in [-0.2, -0.15) is 5.26 Å². The molecule has 1 saturated carbocycles. The van der Waals surface area contributed by atoms with E-state index in [1.165, 1.54) is 12.8 Å². The maximum absolute atomic E-state index is 11.6. The van der Waals surface area contributed by atoms with Gasteiger partial charge in [-0.25, -0.2) is 14.8 Å². The second kappa shape index (κ2) is 8.23. The molecule has 158 valence electrons. The summed E-state index contributed by atoms with van der Waals surface area (Å²) in [6.07, 6.45) is 2.42. The van der Waals surface area contributed by atoms with Crippen molar-refractivity contribution in [1.82, 2.24) is 9.97 Å². The molecule has 1 aliphatic rings. The van der Waals surface area contributed by atoms with Crippen LogP contribution in [0.4, 0.5) is 11.5 Å². The second-order valence-corrected chi connectivity index (χ2v) is 8.27. The largest absolute Gasteiger partial charge is 0.478 e. The summed E-state index contributed by atoms with van der Waals surface area (Å²) in [5.74, 6) is 0.261. The Kier molecular flexibility index (Phi) is 5.47. The number of fused-ring (bicyclic) bond motifs is 1. The van der Waals surface area contributed by atoms with Crippen LogP contribution in [0.3, 0.4) is 0 Å². The number of carboxylic acid groups (broad SMARTS) is 1. The molecule has 2 aromatic carbocycles. The van der Waals surface area contributed by atoms with Gasteiger partial charge in [0.05, 0.1) is 22.6 Å². The Morgan fingerprint density at radius 3 is 2.74 bits per heavy atom. The highest BCUT2D eigenvalue weighted by Gasteiger charge is 2.25. The number of aromatic carboxylic acids is 1. The van der Waals surface area contributed by atoms with Crippen molar-refractivity contribution >= 4 is 28.5 Å². The van der Waals surface area contributed by atoms with Gasteiger partial charge in [0.1, 0.15) is 6.07 Å². The monoisotopic (exact) mass is 415 g/mol. The van der Waals surface area contributed by atoms with Gasteiger partial charge in [-0.1, -0.05) is 18.2 Å². The SMILES string of the molecule is Cc1cc([C@@H](C)Nc2ccccc2C(=O)O)c2nc(N(C)CC3CC3)c(C#N)nc2c1. The van der Waals surface area contributed by atoms with Gasteiger partial charge < -0.3 is 15.3 Å². The predicted octanol–water partition coefficient (Wildman–Crippen LogP) is 4.53. The third-order valence-electron chi connectivity index (χ3n) is 5.62. The van der Waals surface area contributed by atoms with Crippen molar-refractivity contribution in [2.45, 2.75) is 32.7 Å². The molecule has 0 bridgehead atoms. The number of benzene rings is 2. The van der Waals surface area contributed by atoms with E-state index in [0.29, 0.717) is 28.6 Å². The van der Waals surface area contributed by atoms with Crippen LogP contribution in [0.1, 0.15) is 53.0 Å². The molecule has 0 saturated heterocycles. The normalized spacial score (nSPS) is 14.1. The van der Waals surface area contributed by atoms with Crippen LogP contribution < -0.4 is 10.2 Å². The summed E-state index contributed by atoms with van der Waals surface area (Å²) in [4.78, 5) is 23.1. The molecule has 3 aromatic rings. The van der Waals surface area contributed by atoms with Gasteiger partial charge in [-0.05, 0) is 56.4 Å². The van der Waals surface area contributed by atoms with E-state index < -0.39 is 5.97 Å². The number of para-hydroxylation sites is 1. The quantitative estimate of drug-likeness (QED) is 0.584. The third-order valence-corrected chi connectivity index (χ3v) is 5.62. The number of rotatable bonds is 7. The summed E-state index contributed by atoms with van der Waals surface area (Å²) in [6, 6.07) is 12.8. The number of nitrogens with one attached hydrogen (secondary N) is 1. The van der Waals surface area contributed by atoms with E-state index >= 15 is 0 Å². The molecule has 0 spiro atoms. The number of nitrogens with zero attached hydrogens (tertiary/aromatic N) is 4. The zero-order valence-corrected chi connectivity index (χ0v) is 17.9. The first-order valence-corrected chi connectivity index (χ1v) is 10.4. The van der Waals surface area contributed by atoms with E-state index in [1.807, 2.05) is 37.9 Å². The highest BCUT2D eigenvalue weighted by atomic mass is 16.4. The van der Waals surface area contributed by atoms with Gasteiger partial charge in [-0.3, -0.25) is 0 Å². The average Bonchev–Trinajstić information content (AvgIpc) is 3.56. The van der Waals surface area contributed by atoms with Crippen LogP contribution in [0.2, 0.25) is 0 Å². The van der Waals surface area contributed by atoms with E-state index in [0.717, 1.165) is 23.2 Å². The number of hydrogen-bond acceptors (Lipinski definition) is 6. The van der Waals surface area contributed by atoms with Crippen LogP contribution in [0.15, 0.2) is 36.4 Å². The van der Waals surface area contributed by atoms with Crippen molar-refractivity contribution in [3.63, 3.8) is 0 Å². The molecule has 7 nitrogen and oxygen atoms in total. The van der Waals surface area contributed by atoms with Gasteiger partial charge in [0, 0.05) is 24.8 Å². The van der Waals surface area contributed by atoms with E-state index in [1.54, 1.807) is 24.3 Å². The van der Waals surface area contributed by atoms with Gasteiger partial charge in [0.2, 0.25) is 0 Å². The lowest BCUT2D eigenvalue weighted by molar-refractivity contribution is 0.0698. The first-order chi connectivity index (χ1) is 14.9. The number of anilines is 2. The molecule has 0 aliphatic heterocycles. The van der Waals surface area contributed by atoms with E-state index in [9.17, 15) is 15.2 Å². The predicted molar refractivity (Wildman–Crippen MR) is 120 cm³/mol. The van der Waals surface area contributed by atoms with Gasteiger partial charge >= 0.3 is 5.97 Å². The summed E-state index contributed by atoms with van der Waals surface area (Å²) in [5, 5.41) is 22.5. The topological polar surface area (TPSA) is 102 Å². The van der Waals surface area contributed by atoms with Crippen LogP contribution >= 0.6 is 0 Å². The Bertz CT molecular complexity index is 1200. The summed E-state index contributed by atoms with van der Waals surface area (Å²) < 4.78 is 0. The summed E-state index contributed by atoms with van der Waals surface area (Å²) in [6.45, 7) is 4.80. The highest BCUT2D eigenvalue weighted by Crippen LogP contribution is 2.33. The van der Waals surface area contributed by atoms with Crippen molar-refractivity contribution < 1.29 is 9.90 Å². The van der Waals surface area contributed by atoms with E-state index in [-0.39, 0.29) is 11.6 Å². The molecule has 1 aliphatic carbocycles. The highest BCUT2D eigenvalue weighted by molar-refractivity contribution is 5.94. The van der Waals surface area contributed by atoms with Gasteiger partial charge in [0.25, 0.3) is 0 Å². The summed E-state index contributed by atoms with van der Waals surface area (Å²) in [5.41, 5.74) is 4.38. The molecule has 1 atom stereocenters. The Balaban J connectivity index is 1.78. The molecule has 0 radical (unpaired) electrons. The van der Waals surface area contributed by atoms with Crippen molar-refractivity contribution in [2.75, 3.05) is 23.8 Å². The number of aromatic nitrogens is 2. The van der Waals surface area contributed by atoms with Gasteiger partial charge in [-0.15, -0.1) is 0 Å². The van der Waals surface area contributed by atoms with E-state index in [2.05, 4.69) is 16.4 Å². The second-order valence-electron chi connectivity index (χ2n) is 8.27. The molecule has 0 amide bonds. The Morgan fingerprint density at radius 1 is 1.32 bits per heavy atom. The number of carbonyl (C=O) groups is 1. The molecule has 0 unspecified atom stereocenters. The van der Waals surface area contributed by atoms with E-state index in [4.69, 9.17) is 4.98 Å². The molecule has 1 aromatic heterocycles. The summed E-state index contributed by atoms with van der Waals surface area (Å²) in [7, 11) is 1.95. The minimum Gasteiger partial charge on any atom is -0.478 e. The molecule has 31 heavy (non-hydrogen) atoms. The average molecular weight is 415 g/mol. The van der Waals surface area contributed by atoms with Crippen molar-refractivity contribution in [2.24, 2.45) is 5.92 Å². The molecule has 2 N–H and O–H groups in total. The Labute approximate surface area is 181 Å². The van der Waals surface area contributed by atoms with Crippen LogP contribution in [-0.2, 0) is 0 Å². The first kappa shape index (κ1) is 20.6. The van der Waals surface area contributed by atoms with Crippen molar-refractivity contribution in [3.8, 4) is 6.07 Å². The number of hydrogen-bond donors (Lipinski definition) is 2.